The smallest absolute Gasteiger partial charge is 0.193 e. The van der Waals surface area contributed by atoms with Crippen LogP contribution in [0.3, 0.4) is 0 Å². The standard InChI is InChI=1S/C27H37N3O2.HI/c1-21-10-12-24(13-11-21)26-25(9-6-16-32-26)17-29-27(28-2)30-15-14-23(18-30)20-31-19-22-7-4-3-5-8-22;/h3-5,7-8,10-13,23,25-26H,6,9,14-20H2,1-2H3,(H,28,29);1H. The molecule has 0 saturated carbocycles. The van der Waals surface area contributed by atoms with Gasteiger partial charge in [0.15, 0.2) is 5.96 Å². The van der Waals surface area contributed by atoms with E-state index in [1.807, 2.05) is 13.1 Å². The molecule has 1 N–H and O–H groups in total. The lowest BCUT2D eigenvalue weighted by Crippen LogP contribution is -2.43. The Bertz CT molecular complexity index is 859. The molecule has 0 bridgehead atoms. The van der Waals surface area contributed by atoms with Crippen molar-refractivity contribution in [2.75, 3.05) is 39.9 Å². The first-order valence-corrected chi connectivity index (χ1v) is 12.0. The van der Waals surface area contributed by atoms with Crippen molar-refractivity contribution in [3.63, 3.8) is 0 Å². The molecule has 6 heteroatoms. The molecule has 2 fully saturated rings. The van der Waals surface area contributed by atoms with Gasteiger partial charge in [-0.05, 0) is 37.3 Å². The van der Waals surface area contributed by atoms with E-state index in [1.165, 1.54) is 23.1 Å². The molecule has 0 amide bonds. The number of ether oxygens (including phenoxy) is 2. The Labute approximate surface area is 216 Å². The Morgan fingerprint density at radius 2 is 1.91 bits per heavy atom. The lowest BCUT2D eigenvalue weighted by atomic mass is 9.89. The highest BCUT2D eigenvalue weighted by atomic mass is 127. The predicted molar refractivity (Wildman–Crippen MR) is 145 cm³/mol. The maximum atomic E-state index is 6.20. The van der Waals surface area contributed by atoms with E-state index in [0.717, 1.165) is 51.6 Å². The van der Waals surface area contributed by atoms with Crippen molar-refractivity contribution in [1.82, 2.24) is 10.2 Å². The predicted octanol–water partition coefficient (Wildman–Crippen LogP) is 5.19. The summed E-state index contributed by atoms with van der Waals surface area (Å²) < 4.78 is 12.2. The van der Waals surface area contributed by atoms with Gasteiger partial charge in [-0.1, -0.05) is 60.2 Å². The Balaban J connectivity index is 0.00000306. The number of aryl methyl sites for hydroxylation is 1. The second kappa shape index (κ2) is 13.3. The van der Waals surface area contributed by atoms with E-state index in [4.69, 9.17) is 9.47 Å². The van der Waals surface area contributed by atoms with Gasteiger partial charge >= 0.3 is 0 Å². The molecule has 33 heavy (non-hydrogen) atoms. The average molecular weight is 564 g/mol. The summed E-state index contributed by atoms with van der Waals surface area (Å²) in [4.78, 5) is 6.95. The maximum Gasteiger partial charge on any atom is 0.193 e. The number of nitrogens with zero attached hydrogens (tertiary/aromatic N) is 2. The van der Waals surface area contributed by atoms with Gasteiger partial charge in [-0.3, -0.25) is 4.99 Å². The highest BCUT2D eigenvalue weighted by Crippen LogP contribution is 2.33. The number of nitrogens with one attached hydrogen (secondary N) is 1. The van der Waals surface area contributed by atoms with Gasteiger partial charge in [0.2, 0.25) is 0 Å². The van der Waals surface area contributed by atoms with E-state index >= 15 is 0 Å². The number of hydrogen-bond acceptors (Lipinski definition) is 3. The molecule has 2 saturated heterocycles. The van der Waals surface area contributed by atoms with Crippen molar-refractivity contribution in [2.45, 2.75) is 38.9 Å². The Morgan fingerprint density at radius 1 is 1.12 bits per heavy atom. The van der Waals surface area contributed by atoms with Gasteiger partial charge in [0.05, 0.1) is 19.3 Å². The number of halogens is 1. The summed E-state index contributed by atoms with van der Waals surface area (Å²) in [5.74, 6) is 2.01. The zero-order valence-electron chi connectivity index (χ0n) is 19.9. The molecule has 3 unspecified atom stereocenters. The summed E-state index contributed by atoms with van der Waals surface area (Å²) in [6.45, 7) is 7.38. The Hall–Kier alpha value is -1.64. The van der Waals surface area contributed by atoms with Crippen molar-refractivity contribution < 1.29 is 9.47 Å². The zero-order valence-corrected chi connectivity index (χ0v) is 22.2. The summed E-state index contributed by atoms with van der Waals surface area (Å²) in [7, 11) is 1.89. The van der Waals surface area contributed by atoms with Crippen LogP contribution in [0.15, 0.2) is 59.6 Å². The van der Waals surface area contributed by atoms with Crippen molar-refractivity contribution >= 4 is 29.9 Å². The Kier molecular flexibility index (Phi) is 10.5. The number of benzene rings is 2. The minimum atomic E-state index is 0. The van der Waals surface area contributed by atoms with Crippen LogP contribution < -0.4 is 5.32 Å². The van der Waals surface area contributed by atoms with Crippen LogP contribution in [0.25, 0.3) is 0 Å². The molecule has 5 nitrogen and oxygen atoms in total. The fraction of sp³-hybridized carbons (Fsp3) is 0.519. The molecule has 3 atom stereocenters. The number of aliphatic imine (C=N–C) groups is 1. The first-order chi connectivity index (χ1) is 15.7. The monoisotopic (exact) mass is 563 g/mol. The summed E-state index contributed by atoms with van der Waals surface area (Å²) >= 11 is 0. The quantitative estimate of drug-likeness (QED) is 0.286. The van der Waals surface area contributed by atoms with Crippen LogP contribution in [0.2, 0.25) is 0 Å². The molecule has 4 rings (SSSR count). The lowest BCUT2D eigenvalue weighted by molar-refractivity contribution is -0.0266. The van der Waals surface area contributed by atoms with Gasteiger partial charge in [-0.2, -0.15) is 0 Å². The lowest BCUT2D eigenvalue weighted by Gasteiger charge is -2.33. The minimum absolute atomic E-state index is 0. The van der Waals surface area contributed by atoms with Crippen molar-refractivity contribution in [3.05, 3.63) is 71.3 Å². The van der Waals surface area contributed by atoms with Crippen molar-refractivity contribution in [3.8, 4) is 0 Å². The van der Waals surface area contributed by atoms with Crippen LogP contribution in [0.1, 0.15) is 42.1 Å². The van der Waals surface area contributed by atoms with Gasteiger partial charge in [-0.15, -0.1) is 24.0 Å². The van der Waals surface area contributed by atoms with E-state index in [9.17, 15) is 0 Å². The SMILES string of the molecule is CN=C(NCC1CCCOC1c1ccc(C)cc1)N1CCC(COCc2ccccc2)C1.I. The second-order valence-corrected chi connectivity index (χ2v) is 9.13. The van der Waals surface area contributed by atoms with Crippen LogP contribution in [-0.4, -0.2) is 50.8 Å². The van der Waals surface area contributed by atoms with E-state index < -0.39 is 0 Å². The molecule has 2 aromatic rings. The molecule has 2 aliphatic heterocycles. The Morgan fingerprint density at radius 3 is 2.67 bits per heavy atom. The second-order valence-electron chi connectivity index (χ2n) is 9.13. The third-order valence-corrected chi connectivity index (χ3v) is 6.64. The summed E-state index contributed by atoms with van der Waals surface area (Å²) in [5.41, 5.74) is 3.81. The summed E-state index contributed by atoms with van der Waals surface area (Å²) in [6, 6.07) is 19.2. The van der Waals surface area contributed by atoms with Crippen LogP contribution in [0.4, 0.5) is 0 Å². The fourth-order valence-electron chi connectivity index (χ4n) is 4.81. The first-order valence-electron chi connectivity index (χ1n) is 12.0. The molecule has 0 aromatic heterocycles. The third-order valence-electron chi connectivity index (χ3n) is 6.64. The summed E-state index contributed by atoms with van der Waals surface area (Å²) in [5, 5.41) is 3.65. The number of rotatable bonds is 7. The van der Waals surface area contributed by atoms with Crippen LogP contribution in [0.5, 0.6) is 0 Å². The average Bonchev–Trinajstić information content (AvgIpc) is 3.30. The molecule has 2 aliphatic rings. The number of hydrogen-bond donors (Lipinski definition) is 1. The molecule has 2 aromatic carbocycles. The van der Waals surface area contributed by atoms with Crippen molar-refractivity contribution in [1.29, 1.82) is 0 Å². The zero-order chi connectivity index (χ0) is 22.2. The van der Waals surface area contributed by atoms with E-state index in [2.05, 4.69) is 70.7 Å². The largest absolute Gasteiger partial charge is 0.376 e. The number of guanidine groups is 1. The van der Waals surface area contributed by atoms with Gasteiger partial charge in [-0.25, -0.2) is 0 Å². The molecule has 0 spiro atoms. The van der Waals surface area contributed by atoms with Gasteiger partial charge < -0.3 is 19.7 Å². The van der Waals surface area contributed by atoms with E-state index in [-0.39, 0.29) is 30.1 Å². The van der Waals surface area contributed by atoms with Crippen LogP contribution >= 0.6 is 24.0 Å². The van der Waals surface area contributed by atoms with Gasteiger partial charge in [0, 0.05) is 45.1 Å². The van der Waals surface area contributed by atoms with Crippen LogP contribution in [-0.2, 0) is 16.1 Å². The minimum Gasteiger partial charge on any atom is -0.376 e. The molecule has 0 radical (unpaired) electrons. The summed E-state index contributed by atoms with van der Waals surface area (Å²) in [6.07, 6.45) is 3.61. The molecule has 0 aliphatic carbocycles. The third kappa shape index (κ3) is 7.42. The maximum absolute atomic E-state index is 6.20. The molecule has 2 heterocycles. The van der Waals surface area contributed by atoms with E-state index in [0.29, 0.717) is 18.4 Å². The first kappa shape index (κ1) is 26.0. The highest BCUT2D eigenvalue weighted by molar-refractivity contribution is 14.0. The molecule has 180 valence electrons. The topological polar surface area (TPSA) is 46.1 Å². The normalized spacial score (nSPS) is 23.3. The number of likely N-dealkylation sites (tertiary alicyclic amines) is 1. The molecular weight excluding hydrogens is 525 g/mol. The van der Waals surface area contributed by atoms with Crippen LogP contribution in [0, 0.1) is 18.8 Å². The molecular formula is C27H38IN3O2. The van der Waals surface area contributed by atoms with Crippen molar-refractivity contribution in [2.24, 2.45) is 16.8 Å². The van der Waals surface area contributed by atoms with Gasteiger partial charge in [0.25, 0.3) is 0 Å². The highest BCUT2D eigenvalue weighted by Gasteiger charge is 2.29. The fourth-order valence-corrected chi connectivity index (χ4v) is 4.81. The van der Waals surface area contributed by atoms with E-state index in [1.54, 1.807) is 0 Å². The van der Waals surface area contributed by atoms with Gasteiger partial charge in [0.1, 0.15) is 0 Å².